The van der Waals surface area contributed by atoms with Gasteiger partial charge in [0.15, 0.2) is 0 Å². The smallest absolute Gasteiger partial charge is 0.0220 e. The number of hydrogen-bond acceptors (Lipinski definition) is 2. The summed E-state index contributed by atoms with van der Waals surface area (Å²) in [5.41, 5.74) is 5.90. The van der Waals surface area contributed by atoms with Crippen LogP contribution in [-0.4, -0.2) is 19.6 Å². The molecule has 0 radical (unpaired) electrons. The average molecular weight is 208 g/mol. The molecule has 4 aliphatic rings. The zero-order valence-electron chi connectivity index (χ0n) is 9.78. The van der Waals surface area contributed by atoms with E-state index in [1.165, 1.54) is 25.7 Å². The lowest BCUT2D eigenvalue weighted by molar-refractivity contribution is -0.0495. The summed E-state index contributed by atoms with van der Waals surface area (Å²) >= 11 is 0. The highest BCUT2D eigenvalue weighted by molar-refractivity contribution is 5.01. The first kappa shape index (κ1) is 10.1. The van der Waals surface area contributed by atoms with Gasteiger partial charge in [-0.15, -0.1) is 0 Å². The highest BCUT2D eigenvalue weighted by Gasteiger charge is 2.49. The van der Waals surface area contributed by atoms with E-state index in [-0.39, 0.29) is 0 Å². The second-order valence-electron chi connectivity index (χ2n) is 6.14. The molecule has 1 unspecified atom stereocenters. The number of nitrogens with one attached hydrogen (secondary N) is 1. The average Bonchev–Trinajstić information content (AvgIpc) is 2.22. The van der Waals surface area contributed by atoms with E-state index in [1.54, 1.807) is 6.42 Å². The first-order valence-corrected chi connectivity index (χ1v) is 6.69. The molecule has 4 saturated carbocycles. The lowest BCUT2D eigenvalue weighted by Crippen LogP contribution is -2.54. The van der Waals surface area contributed by atoms with Crippen molar-refractivity contribution in [2.75, 3.05) is 13.6 Å². The van der Waals surface area contributed by atoms with E-state index in [9.17, 15) is 0 Å². The lowest BCUT2D eigenvalue weighted by atomic mass is 9.50. The molecule has 0 saturated heterocycles. The molecule has 2 heteroatoms. The van der Waals surface area contributed by atoms with Gasteiger partial charge < -0.3 is 11.1 Å². The second kappa shape index (κ2) is 3.74. The topological polar surface area (TPSA) is 38.0 Å². The van der Waals surface area contributed by atoms with Crippen LogP contribution in [0.1, 0.15) is 32.1 Å². The maximum Gasteiger partial charge on any atom is 0.0220 e. The van der Waals surface area contributed by atoms with Gasteiger partial charge in [0.2, 0.25) is 0 Å². The van der Waals surface area contributed by atoms with Gasteiger partial charge in [0.05, 0.1) is 0 Å². The standard InChI is InChI=1S/C13H24N2/c1-15-12(7-14)13-10-3-8-2-9(5-10)6-11(13)4-8/h8-13,15H,2-7,14H2,1H3. The third kappa shape index (κ3) is 1.53. The van der Waals surface area contributed by atoms with Crippen molar-refractivity contribution in [1.82, 2.24) is 5.32 Å². The molecule has 0 aromatic carbocycles. The molecule has 0 aromatic rings. The molecule has 2 nitrogen and oxygen atoms in total. The maximum absolute atomic E-state index is 5.90. The van der Waals surface area contributed by atoms with Crippen molar-refractivity contribution in [3.05, 3.63) is 0 Å². The van der Waals surface area contributed by atoms with Gasteiger partial charge in [0, 0.05) is 12.6 Å². The van der Waals surface area contributed by atoms with E-state index >= 15 is 0 Å². The fourth-order valence-electron chi connectivity index (χ4n) is 5.09. The third-order valence-corrected chi connectivity index (χ3v) is 5.39. The van der Waals surface area contributed by atoms with Crippen molar-refractivity contribution in [3.63, 3.8) is 0 Å². The summed E-state index contributed by atoms with van der Waals surface area (Å²) in [5, 5.41) is 3.45. The van der Waals surface area contributed by atoms with Gasteiger partial charge in [-0.05, 0) is 68.7 Å². The van der Waals surface area contributed by atoms with Crippen molar-refractivity contribution in [2.45, 2.75) is 38.1 Å². The molecule has 4 bridgehead atoms. The Labute approximate surface area is 93.0 Å². The quantitative estimate of drug-likeness (QED) is 0.739. The molecule has 3 N–H and O–H groups in total. The Morgan fingerprint density at radius 2 is 1.60 bits per heavy atom. The van der Waals surface area contributed by atoms with E-state index < -0.39 is 0 Å². The molecule has 4 fully saturated rings. The highest BCUT2D eigenvalue weighted by atomic mass is 14.9. The van der Waals surface area contributed by atoms with Crippen molar-refractivity contribution in [2.24, 2.45) is 35.3 Å². The van der Waals surface area contributed by atoms with Crippen LogP contribution in [0.4, 0.5) is 0 Å². The van der Waals surface area contributed by atoms with Crippen LogP contribution in [0.15, 0.2) is 0 Å². The van der Waals surface area contributed by atoms with Gasteiger partial charge in [-0.2, -0.15) is 0 Å². The van der Waals surface area contributed by atoms with Crippen LogP contribution in [0.3, 0.4) is 0 Å². The first-order valence-electron chi connectivity index (χ1n) is 6.69. The van der Waals surface area contributed by atoms with Gasteiger partial charge in [-0.25, -0.2) is 0 Å². The predicted octanol–water partition coefficient (Wildman–Crippen LogP) is 1.61. The van der Waals surface area contributed by atoms with E-state index in [1.807, 2.05) is 0 Å². The van der Waals surface area contributed by atoms with Crippen LogP contribution in [-0.2, 0) is 0 Å². The van der Waals surface area contributed by atoms with E-state index in [2.05, 4.69) is 12.4 Å². The summed E-state index contributed by atoms with van der Waals surface area (Å²) in [7, 11) is 2.09. The molecule has 0 spiro atoms. The van der Waals surface area contributed by atoms with Crippen molar-refractivity contribution in [1.29, 1.82) is 0 Å². The minimum Gasteiger partial charge on any atom is -0.329 e. The molecular formula is C13H24N2. The molecule has 0 aliphatic heterocycles. The zero-order valence-corrected chi connectivity index (χ0v) is 9.78. The van der Waals surface area contributed by atoms with Crippen molar-refractivity contribution < 1.29 is 0 Å². The molecule has 15 heavy (non-hydrogen) atoms. The summed E-state index contributed by atoms with van der Waals surface area (Å²) in [6, 6.07) is 0.583. The van der Waals surface area contributed by atoms with E-state index in [0.29, 0.717) is 6.04 Å². The molecule has 86 valence electrons. The Morgan fingerprint density at radius 1 is 1.07 bits per heavy atom. The largest absolute Gasteiger partial charge is 0.329 e. The molecule has 4 rings (SSSR count). The van der Waals surface area contributed by atoms with Crippen LogP contribution >= 0.6 is 0 Å². The second-order valence-corrected chi connectivity index (χ2v) is 6.14. The van der Waals surface area contributed by atoms with Gasteiger partial charge in [0.25, 0.3) is 0 Å². The summed E-state index contributed by atoms with van der Waals surface area (Å²) < 4.78 is 0. The predicted molar refractivity (Wildman–Crippen MR) is 62.4 cm³/mol. The van der Waals surface area contributed by atoms with E-state index in [0.717, 1.165) is 36.1 Å². The lowest BCUT2D eigenvalue weighted by Gasteiger charge is -2.56. The summed E-state index contributed by atoms with van der Waals surface area (Å²) in [5.74, 6) is 5.07. The third-order valence-electron chi connectivity index (χ3n) is 5.39. The van der Waals surface area contributed by atoms with Crippen molar-refractivity contribution in [3.8, 4) is 0 Å². The summed E-state index contributed by atoms with van der Waals surface area (Å²) in [6.07, 6.45) is 7.59. The Hall–Kier alpha value is -0.0800. The normalized spacial score (nSPS) is 49.6. The maximum atomic E-state index is 5.90. The Kier molecular flexibility index (Phi) is 2.52. The number of nitrogens with two attached hydrogens (primary N) is 1. The number of hydrogen-bond donors (Lipinski definition) is 2. The molecule has 4 aliphatic carbocycles. The molecule has 0 heterocycles. The zero-order chi connectivity index (χ0) is 10.4. The fourth-order valence-corrected chi connectivity index (χ4v) is 5.09. The molecule has 0 aromatic heterocycles. The molecule has 0 amide bonds. The van der Waals surface area contributed by atoms with Gasteiger partial charge >= 0.3 is 0 Å². The summed E-state index contributed by atoms with van der Waals surface area (Å²) in [4.78, 5) is 0. The van der Waals surface area contributed by atoms with Crippen LogP contribution in [0.2, 0.25) is 0 Å². The Morgan fingerprint density at radius 3 is 2.00 bits per heavy atom. The van der Waals surface area contributed by atoms with Crippen LogP contribution in [0.5, 0.6) is 0 Å². The number of likely N-dealkylation sites (N-methyl/N-ethyl adjacent to an activating group) is 1. The van der Waals surface area contributed by atoms with Crippen LogP contribution < -0.4 is 11.1 Å². The molecule has 1 atom stereocenters. The summed E-state index contributed by atoms with van der Waals surface area (Å²) in [6.45, 7) is 0.823. The van der Waals surface area contributed by atoms with E-state index in [4.69, 9.17) is 5.73 Å². The fraction of sp³-hybridized carbons (Fsp3) is 1.00. The monoisotopic (exact) mass is 208 g/mol. The number of rotatable bonds is 3. The van der Waals surface area contributed by atoms with Crippen LogP contribution in [0.25, 0.3) is 0 Å². The van der Waals surface area contributed by atoms with Gasteiger partial charge in [-0.3, -0.25) is 0 Å². The Bertz CT molecular complexity index is 207. The molecular weight excluding hydrogens is 184 g/mol. The highest BCUT2D eigenvalue weighted by Crippen LogP contribution is 2.57. The van der Waals surface area contributed by atoms with Crippen LogP contribution in [0, 0.1) is 29.6 Å². The first-order chi connectivity index (χ1) is 7.31. The SMILES string of the molecule is CNC(CN)C1C2CC3CC(C2)CC1C3. The Balaban J connectivity index is 1.79. The van der Waals surface area contributed by atoms with Gasteiger partial charge in [0.1, 0.15) is 0 Å². The minimum atomic E-state index is 0.583. The van der Waals surface area contributed by atoms with Crippen molar-refractivity contribution >= 4 is 0 Å². The van der Waals surface area contributed by atoms with Gasteiger partial charge in [-0.1, -0.05) is 0 Å². The minimum absolute atomic E-state index is 0.583.